The van der Waals surface area contributed by atoms with E-state index in [2.05, 4.69) is 62.5 Å². The number of benzene rings is 2. The van der Waals surface area contributed by atoms with Gasteiger partial charge in [0.25, 0.3) is 0 Å². The minimum atomic E-state index is -2.22. The van der Waals surface area contributed by atoms with Gasteiger partial charge in [-0.2, -0.15) is 0 Å². The Morgan fingerprint density at radius 2 is 1.03 bits per heavy atom. The Morgan fingerprint density at radius 1 is 0.559 bits per heavy atom. The lowest BCUT2D eigenvalue weighted by atomic mass is 10.0. The Hall–Kier alpha value is -1.58. The molecule has 0 unspecified atom stereocenters. The Bertz CT molecular complexity index is 744. The van der Waals surface area contributed by atoms with Gasteiger partial charge in [-0.25, -0.2) is 0 Å². The lowest BCUT2D eigenvalue weighted by Gasteiger charge is -2.25. The standard InChI is InChI=1S/C31H50O2Si/c1-4-5-6-7-8-9-10-11-12-13-14-15-16-17-23-28-32-34(2,3)33-31-27-22-21-26-30(31)29-24-19-18-20-25-29/h18-22,24-27H,4-17,23,28H2,1-3H3. The van der Waals surface area contributed by atoms with E-state index >= 15 is 0 Å². The van der Waals surface area contributed by atoms with Gasteiger partial charge in [-0.1, -0.05) is 145 Å². The van der Waals surface area contributed by atoms with Crippen LogP contribution in [0.2, 0.25) is 13.1 Å². The molecule has 0 saturated heterocycles. The molecule has 3 heteroatoms. The second-order valence-electron chi connectivity index (χ2n) is 10.2. The summed E-state index contributed by atoms with van der Waals surface area (Å²) in [4.78, 5) is 0. The molecule has 0 fully saturated rings. The SMILES string of the molecule is CCCCCCCCCCCCCCCCCO[Si](C)(C)Oc1ccccc1-c1ccccc1. The van der Waals surface area contributed by atoms with E-state index in [1.54, 1.807) is 0 Å². The molecule has 2 nitrogen and oxygen atoms in total. The van der Waals surface area contributed by atoms with Gasteiger partial charge >= 0.3 is 8.56 Å². The zero-order valence-corrected chi connectivity index (χ0v) is 23.3. The van der Waals surface area contributed by atoms with Crippen LogP contribution in [0.5, 0.6) is 5.75 Å². The smallest absolute Gasteiger partial charge is 0.392 e. The van der Waals surface area contributed by atoms with Crippen molar-refractivity contribution in [1.29, 1.82) is 0 Å². The first-order chi connectivity index (χ1) is 16.6. The number of rotatable bonds is 20. The van der Waals surface area contributed by atoms with Crippen molar-refractivity contribution in [1.82, 2.24) is 0 Å². The first-order valence-corrected chi connectivity index (χ1v) is 16.9. The van der Waals surface area contributed by atoms with Crippen LogP contribution in [0.3, 0.4) is 0 Å². The molecule has 190 valence electrons. The first kappa shape index (κ1) is 28.7. The Morgan fingerprint density at radius 3 is 1.59 bits per heavy atom. The quantitative estimate of drug-likeness (QED) is 0.138. The molecule has 0 spiro atoms. The highest BCUT2D eigenvalue weighted by Gasteiger charge is 2.27. The van der Waals surface area contributed by atoms with E-state index in [1.165, 1.54) is 95.5 Å². The Labute approximate surface area is 211 Å². The molecule has 0 N–H and O–H groups in total. The van der Waals surface area contributed by atoms with Gasteiger partial charge in [-0.05, 0) is 31.1 Å². The van der Waals surface area contributed by atoms with Crippen LogP contribution < -0.4 is 4.43 Å². The molecular formula is C31H50O2Si. The highest BCUT2D eigenvalue weighted by atomic mass is 28.4. The topological polar surface area (TPSA) is 18.5 Å². The van der Waals surface area contributed by atoms with E-state index in [-0.39, 0.29) is 0 Å². The van der Waals surface area contributed by atoms with E-state index in [9.17, 15) is 0 Å². The largest absolute Gasteiger partial charge is 0.520 e. The van der Waals surface area contributed by atoms with Gasteiger partial charge in [0.1, 0.15) is 5.75 Å². The van der Waals surface area contributed by atoms with Crippen molar-refractivity contribution in [3.8, 4) is 16.9 Å². The molecule has 2 aromatic rings. The summed E-state index contributed by atoms with van der Waals surface area (Å²) in [6.45, 7) is 7.41. The van der Waals surface area contributed by atoms with E-state index in [0.29, 0.717) is 0 Å². The molecule has 2 rings (SSSR count). The molecule has 0 atom stereocenters. The second kappa shape index (κ2) is 17.8. The fourth-order valence-electron chi connectivity index (χ4n) is 4.50. The molecule has 0 radical (unpaired) electrons. The van der Waals surface area contributed by atoms with E-state index in [4.69, 9.17) is 8.85 Å². The molecule has 0 aliphatic heterocycles. The number of hydrogen-bond donors (Lipinski definition) is 0. The highest BCUT2D eigenvalue weighted by molar-refractivity contribution is 6.65. The number of hydrogen-bond acceptors (Lipinski definition) is 2. The molecule has 0 aliphatic carbocycles. The van der Waals surface area contributed by atoms with Crippen LogP contribution in [-0.2, 0) is 4.43 Å². The molecule has 0 saturated carbocycles. The Balaban J connectivity index is 1.49. The van der Waals surface area contributed by atoms with Gasteiger partial charge in [-0.3, -0.25) is 0 Å². The fourth-order valence-corrected chi connectivity index (χ4v) is 5.90. The molecule has 2 aromatic carbocycles. The molecule has 0 amide bonds. The summed E-state index contributed by atoms with van der Waals surface area (Å²) in [5, 5.41) is 0. The molecule has 0 aromatic heterocycles. The van der Waals surface area contributed by atoms with E-state index in [1.807, 2.05) is 12.1 Å². The minimum absolute atomic E-state index is 0.810. The summed E-state index contributed by atoms with van der Waals surface area (Å²) in [5.74, 6) is 0.932. The molecule has 0 aliphatic rings. The van der Waals surface area contributed by atoms with Crippen LogP contribution in [0.4, 0.5) is 0 Å². The van der Waals surface area contributed by atoms with Crippen molar-refractivity contribution in [2.24, 2.45) is 0 Å². The van der Waals surface area contributed by atoms with E-state index < -0.39 is 8.56 Å². The molecular weight excluding hydrogens is 432 g/mol. The van der Waals surface area contributed by atoms with E-state index in [0.717, 1.165) is 24.3 Å². The maximum atomic E-state index is 6.43. The van der Waals surface area contributed by atoms with Crippen molar-refractivity contribution in [2.75, 3.05) is 6.61 Å². The second-order valence-corrected chi connectivity index (χ2v) is 13.5. The van der Waals surface area contributed by atoms with Gasteiger partial charge < -0.3 is 8.85 Å². The predicted octanol–water partition coefficient (Wildman–Crippen LogP) is 10.3. The minimum Gasteiger partial charge on any atom is -0.520 e. The van der Waals surface area contributed by atoms with Crippen LogP contribution >= 0.6 is 0 Å². The highest BCUT2D eigenvalue weighted by Crippen LogP contribution is 2.31. The van der Waals surface area contributed by atoms with Crippen LogP contribution in [-0.4, -0.2) is 15.2 Å². The van der Waals surface area contributed by atoms with Crippen molar-refractivity contribution in [3.05, 3.63) is 54.6 Å². The third-order valence-electron chi connectivity index (χ3n) is 6.53. The Kier molecular flexibility index (Phi) is 15.0. The summed E-state index contributed by atoms with van der Waals surface area (Å²) in [6, 6.07) is 18.8. The summed E-state index contributed by atoms with van der Waals surface area (Å²) in [7, 11) is -2.22. The summed E-state index contributed by atoms with van der Waals surface area (Å²) in [5.41, 5.74) is 2.32. The molecule has 0 heterocycles. The van der Waals surface area contributed by atoms with Gasteiger partial charge in [0.05, 0.1) is 0 Å². The summed E-state index contributed by atoms with van der Waals surface area (Å²) >= 11 is 0. The first-order valence-electron chi connectivity index (χ1n) is 14.1. The third-order valence-corrected chi connectivity index (χ3v) is 8.14. The average molecular weight is 483 g/mol. The van der Waals surface area contributed by atoms with Crippen LogP contribution in [0, 0.1) is 0 Å². The summed E-state index contributed by atoms with van der Waals surface area (Å²) < 4.78 is 12.7. The van der Waals surface area contributed by atoms with Crippen molar-refractivity contribution < 1.29 is 8.85 Å². The van der Waals surface area contributed by atoms with Gasteiger partial charge in [0.15, 0.2) is 0 Å². The van der Waals surface area contributed by atoms with Gasteiger partial charge in [0.2, 0.25) is 0 Å². The van der Waals surface area contributed by atoms with Crippen LogP contribution in [0.25, 0.3) is 11.1 Å². The maximum absolute atomic E-state index is 6.43. The van der Waals surface area contributed by atoms with Crippen molar-refractivity contribution in [3.63, 3.8) is 0 Å². The molecule has 0 bridgehead atoms. The predicted molar refractivity (Wildman–Crippen MR) is 151 cm³/mol. The lowest BCUT2D eigenvalue weighted by molar-refractivity contribution is 0.241. The number of unbranched alkanes of at least 4 members (excludes halogenated alkanes) is 14. The maximum Gasteiger partial charge on any atom is 0.392 e. The van der Waals surface area contributed by atoms with Crippen molar-refractivity contribution in [2.45, 2.75) is 116 Å². The van der Waals surface area contributed by atoms with Gasteiger partial charge in [-0.15, -0.1) is 0 Å². The van der Waals surface area contributed by atoms with Crippen LogP contribution in [0.1, 0.15) is 103 Å². The number of para-hydroxylation sites is 1. The lowest BCUT2D eigenvalue weighted by Crippen LogP contribution is -2.38. The zero-order chi connectivity index (χ0) is 24.3. The normalized spacial score (nSPS) is 11.6. The third kappa shape index (κ3) is 12.8. The zero-order valence-electron chi connectivity index (χ0n) is 22.3. The summed E-state index contributed by atoms with van der Waals surface area (Å²) in [6.07, 6.45) is 20.8. The van der Waals surface area contributed by atoms with Gasteiger partial charge in [0, 0.05) is 12.2 Å². The van der Waals surface area contributed by atoms with Crippen molar-refractivity contribution >= 4 is 8.56 Å². The fraction of sp³-hybridized carbons (Fsp3) is 0.613. The monoisotopic (exact) mass is 482 g/mol. The average Bonchev–Trinajstić information content (AvgIpc) is 2.84. The molecule has 34 heavy (non-hydrogen) atoms. The van der Waals surface area contributed by atoms with Crippen LogP contribution in [0.15, 0.2) is 54.6 Å².